The molecule has 0 spiro atoms. The number of amides is 2. The lowest BCUT2D eigenvalue weighted by Crippen LogP contribution is -2.39. The summed E-state index contributed by atoms with van der Waals surface area (Å²) in [5.74, 6) is -1.46. The fourth-order valence-corrected chi connectivity index (χ4v) is 3.28. The van der Waals surface area contributed by atoms with E-state index in [9.17, 15) is 19.1 Å². The normalized spacial score (nSPS) is 11.8. The zero-order chi connectivity index (χ0) is 19.2. The molecule has 3 N–H and O–H groups in total. The minimum absolute atomic E-state index is 0.130. The zero-order valence-corrected chi connectivity index (χ0v) is 15.0. The highest BCUT2D eigenvalue weighted by Crippen LogP contribution is 2.28. The van der Waals surface area contributed by atoms with Crippen LogP contribution in [-0.2, 0) is 22.7 Å². The van der Waals surface area contributed by atoms with Crippen molar-refractivity contribution in [3.63, 3.8) is 0 Å². The van der Waals surface area contributed by atoms with Crippen molar-refractivity contribution < 1.29 is 23.5 Å². The number of halogens is 1. The summed E-state index contributed by atoms with van der Waals surface area (Å²) in [6.07, 6.45) is 0.617. The SMILES string of the molecule is O=C(NCc1ccc(F)cc1)C(=O)NCc1ccc([C@@H](O)c2ccco2)s1. The van der Waals surface area contributed by atoms with Crippen molar-refractivity contribution in [3.05, 3.63) is 81.7 Å². The maximum absolute atomic E-state index is 12.8. The number of aliphatic hydroxyl groups excluding tert-OH is 1. The first kappa shape index (κ1) is 18.8. The van der Waals surface area contributed by atoms with E-state index in [2.05, 4.69) is 10.6 Å². The van der Waals surface area contributed by atoms with Gasteiger partial charge in [0.2, 0.25) is 0 Å². The van der Waals surface area contributed by atoms with Crippen LogP contribution in [0.15, 0.2) is 59.2 Å². The number of hydrogen-bond donors (Lipinski definition) is 3. The van der Waals surface area contributed by atoms with Gasteiger partial charge in [-0.25, -0.2) is 4.39 Å². The van der Waals surface area contributed by atoms with Gasteiger partial charge in [0, 0.05) is 16.3 Å². The summed E-state index contributed by atoms with van der Waals surface area (Å²) in [6, 6.07) is 12.5. The van der Waals surface area contributed by atoms with E-state index < -0.39 is 17.9 Å². The van der Waals surface area contributed by atoms with Crippen LogP contribution in [0.2, 0.25) is 0 Å². The van der Waals surface area contributed by atoms with Gasteiger partial charge in [-0.1, -0.05) is 12.1 Å². The Morgan fingerprint density at radius 2 is 1.74 bits per heavy atom. The van der Waals surface area contributed by atoms with Gasteiger partial charge >= 0.3 is 11.8 Å². The average molecular weight is 388 g/mol. The molecule has 0 aliphatic rings. The average Bonchev–Trinajstić information content (AvgIpc) is 3.37. The third-order valence-corrected chi connectivity index (χ3v) is 4.90. The molecule has 0 aliphatic carbocycles. The number of benzene rings is 1. The summed E-state index contributed by atoms with van der Waals surface area (Å²) in [6.45, 7) is 0.295. The van der Waals surface area contributed by atoms with Gasteiger partial charge in [0.05, 0.1) is 12.8 Å². The smallest absolute Gasteiger partial charge is 0.309 e. The molecular weight excluding hydrogens is 371 g/mol. The van der Waals surface area contributed by atoms with E-state index in [0.717, 1.165) is 4.88 Å². The van der Waals surface area contributed by atoms with Crippen LogP contribution < -0.4 is 10.6 Å². The molecular formula is C19H17FN2O4S. The molecule has 3 rings (SSSR count). The second-order valence-corrected chi connectivity index (χ2v) is 6.91. The van der Waals surface area contributed by atoms with Crippen LogP contribution in [0.4, 0.5) is 4.39 Å². The van der Waals surface area contributed by atoms with E-state index >= 15 is 0 Å². The minimum Gasteiger partial charge on any atom is -0.466 e. The summed E-state index contributed by atoms with van der Waals surface area (Å²) in [7, 11) is 0. The van der Waals surface area contributed by atoms with Gasteiger partial charge in [0.15, 0.2) is 0 Å². The molecule has 0 unspecified atom stereocenters. The molecule has 3 aromatic rings. The summed E-state index contributed by atoms with van der Waals surface area (Å²) in [4.78, 5) is 25.2. The lowest BCUT2D eigenvalue weighted by molar-refractivity contribution is -0.139. The Hall–Kier alpha value is -2.97. The van der Waals surface area contributed by atoms with Gasteiger partial charge in [0.1, 0.15) is 17.7 Å². The summed E-state index contributed by atoms with van der Waals surface area (Å²) >= 11 is 1.31. The van der Waals surface area contributed by atoms with Gasteiger partial charge < -0.3 is 20.2 Å². The highest BCUT2D eigenvalue weighted by molar-refractivity contribution is 7.12. The van der Waals surface area contributed by atoms with Crippen molar-refractivity contribution in [1.82, 2.24) is 10.6 Å². The van der Waals surface area contributed by atoms with Crippen LogP contribution in [0.5, 0.6) is 0 Å². The van der Waals surface area contributed by atoms with Crippen LogP contribution in [0.25, 0.3) is 0 Å². The van der Waals surface area contributed by atoms with Gasteiger partial charge in [-0.2, -0.15) is 0 Å². The Labute approximate surface area is 158 Å². The Balaban J connectivity index is 1.47. The quantitative estimate of drug-likeness (QED) is 0.566. The van der Waals surface area contributed by atoms with E-state index in [1.807, 2.05) is 0 Å². The maximum atomic E-state index is 12.8. The number of hydrogen-bond acceptors (Lipinski definition) is 5. The molecule has 1 atom stereocenters. The van der Waals surface area contributed by atoms with Crippen molar-refractivity contribution in [2.24, 2.45) is 0 Å². The van der Waals surface area contributed by atoms with Crippen LogP contribution in [-0.4, -0.2) is 16.9 Å². The van der Waals surface area contributed by atoms with E-state index in [0.29, 0.717) is 16.2 Å². The molecule has 0 fully saturated rings. The molecule has 0 aliphatic heterocycles. The number of rotatable bonds is 6. The number of nitrogens with one attached hydrogen (secondary N) is 2. The van der Waals surface area contributed by atoms with Gasteiger partial charge in [-0.3, -0.25) is 9.59 Å². The van der Waals surface area contributed by atoms with Gasteiger partial charge in [0.25, 0.3) is 0 Å². The predicted octanol–water partition coefficient (Wildman–Crippen LogP) is 2.49. The largest absolute Gasteiger partial charge is 0.466 e. The molecule has 8 heteroatoms. The van der Waals surface area contributed by atoms with Crippen LogP contribution >= 0.6 is 11.3 Å². The molecule has 140 valence electrons. The first-order valence-corrected chi connectivity index (χ1v) is 8.95. The van der Waals surface area contributed by atoms with Crippen molar-refractivity contribution in [2.45, 2.75) is 19.2 Å². The number of carbonyl (C=O) groups is 2. The number of furan rings is 1. The fourth-order valence-electron chi connectivity index (χ4n) is 2.34. The van der Waals surface area contributed by atoms with Crippen molar-refractivity contribution in [1.29, 1.82) is 0 Å². The van der Waals surface area contributed by atoms with E-state index in [1.165, 1.54) is 41.9 Å². The second-order valence-electron chi connectivity index (χ2n) is 5.71. The number of thiophene rings is 1. The van der Waals surface area contributed by atoms with E-state index in [-0.39, 0.29) is 18.9 Å². The molecule has 2 heterocycles. The first-order valence-electron chi connectivity index (χ1n) is 8.13. The number of carbonyl (C=O) groups excluding carboxylic acids is 2. The third kappa shape index (κ3) is 5.02. The summed E-state index contributed by atoms with van der Waals surface area (Å²) < 4.78 is 18.0. The Morgan fingerprint density at radius 1 is 1.04 bits per heavy atom. The number of aliphatic hydroxyl groups is 1. The predicted molar refractivity (Wildman–Crippen MR) is 97.2 cm³/mol. The van der Waals surface area contributed by atoms with Crippen molar-refractivity contribution in [3.8, 4) is 0 Å². The van der Waals surface area contributed by atoms with Crippen molar-refractivity contribution >= 4 is 23.2 Å². The maximum Gasteiger partial charge on any atom is 0.309 e. The van der Waals surface area contributed by atoms with E-state index in [4.69, 9.17) is 4.42 Å². The van der Waals surface area contributed by atoms with Crippen LogP contribution in [0.1, 0.15) is 27.2 Å². The highest BCUT2D eigenvalue weighted by Gasteiger charge is 2.17. The zero-order valence-electron chi connectivity index (χ0n) is 14.1. The molecule has 0 saturated carbocycles. The summed E-state index contributed by atoms with van der Waals surface area (Å²) in [5, 5.41) is 15.2. The molecule has 2 amide bonds. The van der Waals surface area contributed by atoms with Gasteiger partial charge in [-0.05, 0) is 42.0 Å². The lowest BCUT2D eigenvalue weighted by atomic mass is 10.2. The third-order valence-electron chi connectivity index (χ3n) is 3.76. The standard InChI is InChI=1S/C19H17FN2O4S/c20-13-5-3-12(4-6-13)10-21-18(24)19(25)22-11-14-7-8-16(27-14)17(23)15-2-1-9-26-15/h1-9,17,23H,10-11H2,(H,21,24)(H,22,25)/t17-/m0/s1. The van der Waals surface area contributed by atoms with Crippen LogP contribution in [0, 0.1) is 5.82 Å². The molecule has 2 aromatic heterocycles. The molecule has 0 bridgehead atoms. The lowest BCUT2D eigenvalue weighted by Gasteiger charge is -2.06. The minimum atomic E-state index is -0.867. The topological polar surface area (TPSA) is 91.6 Å². The molecule has 27 heavy (non-hydrogen) atoms. The Bertz CT molecular complexity index is 906. The summed E-state index contributed by atoms with van der Waals surface area (Å²) in [5.41, 5.74) is 0.687. The molecule has 0 radical (unpaired) electrons. The van der Waals surface area contributed by atoms with Crippen molar-refractivity contribution in [2.75, 3.05) is 0 Å². The Kier molecular flexibility index (Phi) is 6.00. The second kappa shape index (κ2) is 8.61. The van der Waals surface area contributed by atoms with Gasteiger partial charge in [-0.15, -0.1) is 11.3 Å². The fraction of sp³-hybridized carbons (Fsp3) is 0.158. The first-order chi connectivity index (χ1) is 13.0. The molecule has 6 nitrogen and oxygen atoms in total. The monoisotopic (exact) mass is 388 g/mol. The van der Waals surface area contributed by atoms with E-state index in [1.54, 1.807) is 24.3 Å². The molecule has 0 saturated heterocycles. The highest BCUT2D eigenvalue weighted by atomic mass is 32.1. The van der Waals surface area contributed by atoms with Crippen LogP contribution in [0.3, 0.4) is 0 Å². The Morgan fingerprint density at radius 3 is 2.41 bits per heavy atom. The molecule has 1 aromatic carbocycles.